The van der Waals surface area contributed by atoms with E-state index < -0.39 is 18.9 Å². The maximum absolute atomic E-state index is 6.27. The first-order chi connectivity index (χ1) is 13.3. The molecule has 0 unspecified atom stereocenters. The van der Waals surface area contributed by atoms with Gasteiger partial charge in [0.2, 0.25) is 0 Å². The van der Waals surface area contributed by atoms with Gasteiger partial charge in [-0.15, -0.1) is 0 Å². The third kappa shape index (κ3) is 3.18. The van der Waals surface area contributed by atoms with Gasteiger partial charge in [0, 0.05) is 18.2 Å². The summed E-state index contributed by atoms with van der Waals surface area (Å²) in [4.78, 5) is 0. The van der Waals surface area contributed by atoms with Crippen LogP contribution in [0.4, 0.5) is 0 Å². The second-order valence-corrected chi connectivity index (χ2v) is 6.90. The zero-order valence-corrected chi connectivity index (χ0v) is 15.0. The van der Waals surface area contributed by atoms with Gasteiger partial charge in [-0.3, -0.25) is 0 Å². The molecular formula is C21H22O6. The molecule has 0 saturated carbocycles. The van der Waals surface area contributed by atoms with Crippen LogP contribution in [-0.4, -0.2) is 44.4 Å². The molecule has 142 valence electrons. The van der Waals surface area contributed by atoms with E-state index in [9.17, 15) is 0 Å². The lowest BCUT2D eigenvalue weighted by atomic mass is 9.98. The van der Waals surface area contributed by atoms with Crippen molar-refractivity contribution in [2.75, 3.05) is 13.7 Å². The Labute approximate surface area is 157 Å². The number of ether oxygens (including phenoxy) is 6. The first kappa shape index (κ1) is 17.3. The molecule has 0 spiro atoms. The molecule has 2 aromatic rings. The summed E-state index contributed by atoms with van der Waals surface area (Å²) in [5.74, 6) is 0. The van der Waals surface area contributed by atoms with Gasteiger partial charge in [-0.1, -0.05) is 60.7 Å². The van der Waals surface area contributed by atoms with Crippen molar-refractivity contribution in [2.24, 2.45) is 0 Å². The normalized spacial score (nSPS) is 38.2. The Morgan fingerprint density at radius 3 is 1.96 bits per heavy atom. The zero-order chi connectivity index (χ0) is 18.2. The van der Waals surface area contributed by atoms with Gasteiger partial charge in [0.05, 0.1) is 6.61 Å². The second kappa shape index (κ2) is 7.31. The molecule has 0 radical (unpaired) electrons. The minimum atomic E-state index is -0.523. The Hall–Kier alpha value is -1.80. The number of fused-ring (bicyclic) bond motifs is 3. The average Bonchev–Trinajstić information content (AvgIpc) is 3.20. The lowest BCUT2D eigenvalue weighted by Crippen LogP contribution is -2.61. The molecule has 6 heteroatoms. The standard InChI is InChI=1S/C21H22O6/c1-22-21-18-17(26-20(27-18)14-10-6-3-7-11-14)16-15(24-21)12-23-19(25-16)13-8-4-2-5-9-13/h2-11,15-21H,12H2,1H3/t15-,16-,17+,18+,19+,20-,21+/m1/s1. The van der Waals surface area contributed by atoms with Crippen molar-refractivity contribution in [1.82, 2.24) is 0 Å². The van der Waals surface area contributed by atoms with Gasteiger partial charge in [-0.05, 0) is 0 Å². The largest absolute Gasteiger partial charge is 0.353 e. The molecule has 0 aromatic heterocycles. The fraction of sp³-hybridized carbons (Fsp3) is 0.429. The highest BCUT2D eigenvalue weighted by Gasteiger charge is 2.56. The molecule has 3 heterocycles. The predicted octanol–water partition coefficient (Wildman–Crippen LogP) is 2.95. The first-order valence-electron chi connectivity index (χ1n) is 9.19. The number of hydrogen-bond donors (Lipinski definition) is 0. The molecule has 3 aliphatic heterocycles. The van der Waals surface area contributed by atoms with E-state index in [1.165, 1.54) is 0 Å². The van der Waals surface area contributed by atoms with E-state index in [1.54, 1.807) is 7.11 Å². The van der Waals surface area contributed by atoms with E-state index in [0.29, 0.717) is 6.61 Å². The van der Waals surface area contributed by atoms with Crippen LogP contribution < -0.4 is 0 Å². The van der Waals surface area contributed by atoms with Gasteiger partial charge in [0.1, 0.15) is 24.4 Å². The summed E-state index contributed by atoms with van der Waals surface area (Å²) in [5.41, 5.74) is 1.94. The Kier molecular flexibility index (Phi) is 4.69. The Bertz CT molecular complexity index is 754. The van der Waals surface area contributed by atoms with Crippen molar-refractivity contribution in [2.45, 2.75) is 43.3 Å². The van der Waals surface area contributed by atoms with E-state index in [0.717, 1.165) is 11.1 Å². The van der Waals surface area contributed by atoms with Crippen molar-refractivity contribution >= 4 is 0 Å². The summed E-state index contributed by atoms with van der Waals surface area (Å²) in [6.45, 7) is 0.409. The van der Waals surface area contributed by atoms with E-state index in [1.807, 2.05) is 60.7 Å². The van der Waals surface area contributed by atoms with Gasteiger partial charge in [0.15, 0.2) is 18.9 Å². The molecule has 0 aliphatic carbocycles. The molecular weight excluding hydrogens is 348 g/mol. The molecule has 6 nitrogen and oxygen atoms in total. The Morgan fingerprint density at radius 1 is 0.704 bits per heavy atom. The third-order valence-corrected chi connectivity index (χ3v) is 5.22. The van der Waals surface area contributed by atoms with Crippen LogP contribution in [0.2, 0.25) is 0 Å². The van der Waals surface area contributed by atoms with Gasteiger partial charge < -0.3 is 28.4 Å². The molecule has 2 aromatic carbocycles. The minimum Gasteiger partial charge on any atom is -0.353 e. The van der Waals surface area contributed by atoms with Crippen LogP contribution in [-0.2, 0) is 28.4 Å². The van der Waals surface area contributed by atoms with Crippen molar-refractivity contribution in [3.05, 3.63) is 71.8 Å². The van der Waals surface area contributed by atoms with Crippen LogP contribution in [0, 0.1) is 0 Å². The van der Waals surface area contributed by atoms with Crippen LogP contribution in [0.15, 0.2) is 60.7 Å². The lowest BCUT2D eigenvalue weighted by Gasteiger charge is -2.45. The van der Waals surface area contributed by atoms with Crippen LogP contribution in [0.3, 0.4) is 0 Å². The van der Waals surface area contributed by atoms with E-state index in [4.69, 9.17) is 28.4 Å². The molecule has 7 atom stereocenters. The van der Waals surface area contributed by atoms with E-state index in [2.05, 4.69) is 0 Å². The van der Waals surface area contributed by atoms with Gasteiger partial charge >= 0.3 is 0 Å². The molecule has 3 aliphatic rings. The molecule has 3 saturated heterocycles. The highest BCUT2D eigenvalue weighted by molar-refractivity contribution is 5.18. The summed E-state index contributed by atoms with van der Waals surface area (Å²) in [5, 5.41) is 0. The monoisotopic (exact) mass is 370 g/mol. The fourth-order valence-electron chi connectivity index (χ4n) is 3.90. The number of hydrogen-bond acceptors (Lipinski definition) is 6. The van der Waals surface area contributed by atoms with Crippen molar-refractivity contribution in [1.29, 1.82) is 0 Å². The van der Waals surface area contributed by atoms with Crippen LogP contribution in [0.1, 0.15) is 23.7 Å². The molecule has 27 heavy (non-hydrogen) atoms. The zero-order valence-electron chi connectivity index (χ0n) is 15.0. The molecule has 0 bridgehead atoms. The maximum atomic E-state index is 6.27. The minimum absolute atomic E-state index is 0.269. The molecule has 3 fully saturated rings. The SMILES string of the molecule is CO[C@H]1O[C@@H]2CO[C@H](c3ccccc3)O[C@H]2[C@@H]2O[C@@H](c3ccccc3)O[C@H]12. The quantitative estimate of drug-likeness (QED) is 0.828. The summed E-state index contributed by atoms with van der Waals surface area (Å²) in [6.07, 6.45) is -2.67. The van der Waals surface area contributed by atoms with Gasteiger partial charge in [0.25, 0.3) is 0 Å². The fourth-order valence-corrected chi connectivity index (χ4v) is 3.90. The van der Waals surface area contributed by atoms with Crippen LogP contribution in [0.5, 0.6) is 0 Å². The average molecular weight is 370 g/mol. The highest BCUT2D eigenvalue weighted by Crippen LogP contribution is 2.43. The smallest absolute Gasteiger partial charge is 0.186 e. The molecule has 5 rings (SSSR count). The number of rotatable bonds is 3. The summed E-state index contributed by atoms with van der Waals surface area (Å²) in [6, 6.07) is 19.8. The van der Waals surface area contributed by atoms with E-state index >= 15 is 0 Å². The Balaban J connectivity index is 1.39. The number of methoxy groups -OCH3 is 1. The van der Waals surface area contributed by atoms with Crippen molar-refractivity contribution in [3.8, 4) is 0 Å². The topological polar surface area (TPSA) is 55.4 Å². The van der Waals surface area contributed by atoms with Gasteiger partial charge in [-0.2, -0.15) is 0 Å². The Morgan fingerprint density at radius 2 is 1.30 bits per heavy atom. The first-order valence-corrected chi connectivity index (χ1v) is 9.19. The van der Waals surface area contributed by atoms with Crippen LogP contribution >= 0.6 is 0 Å². The molecule has 0 amide bonds. The van der Waals surface area contributed by atoms with Crippen molar-refractivity contribution in [3.63, 3.8) is 0 Å². The highest BCUT2D eigenvalue weighted by atomic mass is 16.8. The predicted molar refractivity (Wildman–Crippen MR) is 94.6 cm³/mol. The van der Waals surface area contributed by atoms with Crippen LogP contribution in [0.25, 0.3) is 0 Å². The summed E-state index contributed by atoms with van der Waals surface area (Å²) >= 11 is 0. The maximum Gasteiger partial charge on any atom is 0.186 e. The molecule has 0 N–H and O–H groups in total. The second-order valence-electron chi connectivity index (χ2n) is 6.90. The third-order valence-electron chi connectivity index (χ3n) is 5.22. The van der Waals surface area contributed by atoms with E-state index in [-0.39, 0.29) is 24.4 Å². The number of benzene rings is 2. The summed E-state index contributed by atoms with van der Waals surface area (Å²) in [7, 11) is 1.61. The van der Waals surface area contributed by atoms with Gasteiger partial charge in [-0.25, -0.2) is 0 Å². The summed E-state index contributed by atoms with van der Waals surface area (Å²) < 4.78 is 36.1. The lowest BCUT2D eigenvalue weighted by molar-refractivity contribution is -0.343. The van der Waals surface area contributed by atoms with Crippen molar-refractivity contribution < 1.29 is 28.4 Å².